The van der Waals surface area contributed by atoms with Crippen LogP contribution in [0, 0.1) is 0 Å². The number of aryl methyl sites for hydroxylation is 1. The minimum atomic E-state index is 0.166. The van der Waals surface area contributed by atoms with E-state index in [0.29, 0.717) is 0 Å². The van der Waals surface area contributed by atoms with E-state index in [1.165, 1.54) is 0 Å². The smallest absolute Gasteiger partial charge is 0.121 e. The van der Waals surface area contributed by atoms with Crippen LogP contribution in [0.25, 0.3) is 0 Å². The Bertz CT molecular complexity index is 493. The Kier molecular flexibility index (Phi) is 4.55. The average Bonchev–Trinajstić information content (AvgIpc) is 2.87. The molecule has 0 amide bonds. The van der Waals surface area contributed by atoms with Gasteiger partial charge in [0.15, 0.2) is 0 Å². The van der Waals surface area contributed by atoms with E-state index >= 15 is 0 Å². The maximum Gasteiger partial charge on any atom is 0.121 e. The third-order valence-electron chi connectivity index (χ3n) is 2.92. The third-order valence-corrected chi connectivity index (χ3v) is 3.39. The molecule has 2 aromatic rings. The fourth-order valence-corrected chi connectivity index (χ4v) is 2.09. The second-order valence-electron chi connectivity index (χ2n) is 4.17. The molecule has 0 fully saturated rings. The van der Waals surface area contributed by atoms with Crippen LogP contribution in [0.3, 0.4) is 0 Å². The van der Waals surface area contributed by atoms with Gasteiger partial charge in [-0.2, -0.15) is 0 Å². The molecule has 4 heteroatoms. The Morgan fingerprint density at radius 2 is 2.17 bits per heavy atom. The molecular formula is C14H17BrN2O. The van der Waals surface area contributed by atoms with E-state index in [0.717, 1.165) is 34.5 Å². The summed E-state index contributed by atoms with van der Waals surface area (Å²) in [7, 11) is 1.94. The van der Waals surface area contributed by atoms with Crippen LogP contribution in [0.2, 0.25) is 0 Å². The summed E-state index contributed by atoms with van der Waals surface area (Å²) in [6.07, 6.45) is 3.56. The monoisotopic (exact) mass is 308 g/mol. The summed E-state index contributed by atoms with van der Waals surface area (Å²) in [6.45, 7) is 2.09. The van der Waals surface area contributed by atoms with E-state index in [-0.39, 0.29) is 6.04 Å². The van der Waals surface area contributed by atoms with Gasteiger partial charge in [0.2, 0.25) is 0 Å². The number of likely N-dealkylation sites (N-methyl/N-ethyl adjacent to an activating group) is 1. The van der Waals surface area contributed by atoms with Crippen LogP contribution in [-0.4, -0.2) is 12.0 Å². The van der Waals surface area contributed by atoms with Crippen LogP contribution in [0.4, 0.5) is 0 Å². The summed E-state index contributed by atoms with van der Waals surface area (Å²) < 4.78 is 6.78. The number of nitrogens with one attached hydrogen (secondary N) is 1. The van der Waals surface area contributed by atoms with Gasteiger partial charge in [-0.25, -0.2) is 0 Å². The molecule has 0 saturated heterocycles. The van der Waals surface area contributed by atoms with Gasteiger partial charge in [-0.3, -0.25) is 4.98 Å². The summed E-state index contributed by atoms with van der Waals surface area (Å²) in [5, 5.41) is 3.27. The van der Waals surface area contributed by atoms with Gasteiger partial charge < -0.3 is 9.73 Å². The van der Waals surface area contributed by atoms with Crippen LogP contribution >= 0.6 is 15.9 Å². The predicted molar refractivity (Wildman–Crippen MR) is 75.5 cm³/mol. The number of pyridine rings is 1. The molecule has 0 aliphatic rings. The molecule has 0 spiro atoms. The van der Waals surface area contributed by atoms with Crippen molar-refractivity contribution in [2.24, 2.45) is 0 Å². The molecule has 1 atom stereocenters. The minimum Gasteiger partial charge on any atom is -0.464 e. The fraction of sp³-hybridized carbons (Fsp3) is 0.357. The van der Waals surface area contributed by atoms with Gasteiger partial charge in [-0.1, -0.05) is 6.92 Å². The number of hydrogen-bond acceptors (Lipinski definition) is 3. The number of furan rings is 1. The highest BCUT2D eigenvalue weighted by molar-refractivity contribution is 9.10. The molecule has 2 heterocycles. The largest absolute Gasteiger partial charge is 0.464 e. The van der Waals surface area contributed by atoms with Crippen molar-refractivity contribution in [1.82, 2.24) is 10.3 Å². The van der Waals surface area contributed by atoms with E-state index in [2.05, 4.69) is 33.2 Å². The van der Waals surface area contributed by atoms with E-state index in [1.54, 1.807) is 0 Å². The fourth-order valence-electron chi connectivity index (χ4n) is 1.85. The molecular weight excluding hydrogens is 292 g/mol. The van der Waals surface area contributed by atoms with Crippen LogP contribution in [-0.2, 0) is 12.8 Å². The van der Waals surface area contributed by atoms with Gasteiger partial charge >= 0.3 is 0 Å². The lowest BCUT2D eigenvalue weighted by Gasteiger charge is -2.13. The molecule has 0 radical (unpaired) electrons. The number of rotatable bonds is 5. The first-order chi connectivity index (χ1) is 8.72. The van der Waals surface area contributed by atoms with Gasteiger partial charge in [0.1, 0.15) is 11.5 Å². The van der Waals surface area contributed by atoms with Gasteiger partial charge in [-0.15, -0.1) is 0 Å². The first-order valence-electron chi connectivity index (χ1n) is 6.09. The van der Waals surface area contributed by atoms with Crippen molar-refractivity contribution in [2.75, 3.05) is 7.05 Å². The Hall–Kier alpha value is -1.13. The Morgan fingerprint density at radius 3 is 2.72 bits per heavy atom. The Labute approximate surface area is 116 Å². The van der Waals surface area contributed by atoms with Crippen LogP contribution in [0.5, 0.6) is 0 Å². The maximum atomic E-state index is 5.78. The summed E-state index contributed by atoms with van der Waals surface area (Å²) >= 11 is 3.39. The molecule has 96 valence electrons. The lowest BCUT2D eigenvalue weighted by Crippen LogP contribution is -2.18. The second-order valence-corrected chi connectivity index (χ2v) is 5.09. The summed E-state index contributed by atoms with van der Waals surface area (Å²) in [5.41, 5.74) is 1.05. The molecule has 1 unspecified atom stereocenters. The Balaban J connectivity index is 2.11. The lowest BCUT2D eigenvalue weighted by atomic mass is 10.1. The number of nitrogens with zero attached hydrogens (tertiary/aromatic N) is 1. The molecule has 2 rings (SSSR count). The summed E-state index contributed by atoms with van der Waals surface area (Å²) in [6, 6.07) is 8.28. The van der Waals surface area contributed by atoms with Gasteiger partial charge in [0.25, 0.3) is 0 Å². The van der Waals surface area contributed by atoms with Crippen LogP contribution in [0.15, 0.2) is 39.4 Å². The summed E-state index contributed by atoms with van der Waals surface area (Å²) in [5.74, 6) is 1.99. The molecule has 2 aromatic heterocycles. The highest BCUT2D eigenvalue weighted by Crippen LogP contribution is 2.20. The normalized spacial score (nSPS) is 12.6. The zero-order valence-corrected chi connectivity index (χ0v) is 12.2. The molecule has 3 nitrogen and oxygen atoms in total. The molecule has 1 N–H and O–H groups in total. The van der Waals surface area contributed by atoms with Crippen molar-refractivity contribution in [2.45, 2.75) is 25.8 Å². The maximum absolute atomic E-state index is 5.78. The predicted octanol–water partition coefficient (Wildman–Crippen LogP) is 3.50. The first-order valence-corrected chi connectivity index (χ1v) is 6.88. The molecule has 0 aliphatic heterocycles. The van der Waals surface area contributed by atoms with Crippen molar-refractivity contribution in [3.05, 3.63) is 52.1 Å². The first kappa shape index (κ1) is 13.3. The summed E-state index contributed by atoms with van der Waals surface area (Å²) in [4.78, 5) is 4.39. The van der Waals surface area contributed by atoms with Crippen molar-refractivity contribution in [3.63, 3.8) is 0 Å². The number of aromatic nitrogens is 1. The zero-order valence-electron chi connectivity index (χ0n) is 10.6. The molecule has 0 bridgehead atoms. The van der Waals surface area contributed by atoms with Crippen LogP contribution < -0.4 is 5.32 Å². The average molecular weight is 309 g/mol. The lowest BCUT2D eigenvalue weighted by molar-refractivity contribution is 0.405. The van der Waals surface area contributed by atoms with Crippen molar-refractivity contribution >= 4 is 15.9 Å². The van der Waals surface area contributed by atoms with E-state index in [1.807, 2.05) is 37.5 Å². The molecule has 0 aliphatic carbocycles. The number of halogens is 1. The topological polar surface area (TPSA) is 38.1 Å². The van der Waals surface area contributed by atoms with E-state index in [4.69, 9.17) is 4.42 Å². The van der Waals surface area contributed by atoms with Gasteiger partial charge in [0.05, 0.1) is 6.04 Å². The zero-order chi connectivity index (χ0) is 13.0. The molecule has 0 aromatic carbocycles. The van der Waals surface area contributed by atoms with Crippen molar-refractivity contribution in [3.8, 4) is 0 Å². The van der Waals surface area contributed by atoms with Crippen molar-refractivity contribution in [1.29, 1.82) is 0 Å². The standard InChI is InChI=1S/C14H17BrN2O/c1-3-12-6-7-14(18-12)13(16-2)8-11-5-4-10(15)9-17-11/h4-7,9,13,16H,3,8H2,1-2H3. The highest BCUT2D eigenvalue weighted by Gasteiger charge is 2.14. The van der Waals surface area contributed by atoms with Crippen molar-refractivity contribution < 1.29 is 4.42 Å². The third kappa shape index (κ3) is 3.21. The number of hydrogen-bond donors (Lipinski definition) is 1. The molecule has 0 saturated carbocycles. The molecule has 18 heavy (non-hydrogen) atoms. The van der Waals surface area contributed by atoms with Gasteiger partial charge in [-0.05, 0) is 47.2 Å². The quantitative estimate of drug-likeness (QED) is 0.918. The van der Waals surface area contributed by atoms with Gasteiger partial charge in [0, 0.05) is 29.2 Å². The van der Waals surface area contributed by atoms with Crippen LogP contribution in [0.1, 0.15) is 30.2 Å². The highest BCUT2D eigenvalue weighted by atomic mass is 79.9. The second kappa shape index (κ2) is 6.16. The minimum absolute atomic E-state index is 0.166. The SMILES string of the molecule is CCc1ccc(C(Cc2ccc(Br)cn2)NC)o1. The van der Waals surface area contributed by atoms with E-state index < -0.39 is 0 Å². The van der Waals surface area contributed by atoms with E-state index in [9.17, 15) is 0 Å². The Morgan fingerprint density at radius 1 is 1.33 bits per heavy atom.